The molecule has 2 fully saturated rings. The first-order valence-corrected chi connectivity index (χ1v) is 20.3. The van der Waals surface area contributed by atoms with E-state index in [1.54, 1.807) is 9.80 Å². The van der Waals surface area contributed by atoms with Crippen LogP contribution in [-0.2, 0) is 34.8 Å². The number of fused-ring (bicyclic) bond motifs is 2. The lowest BCUT2D eigenvalue weighted by atomic mass is 10.0. The van der Waals surface area contributed by atoms with Gasteiger partial charge in [-0.1, -0.05) is 36.4 Å². The third-order valence-corrected chi connectivity index (χ3v) is 9.80. The maximum atomic E-state index is 13.9. The monoisotopic (exact) mass is 792 g/mol. The number of nitrogens with zero attached hydrogens (tertiary/aromatic N) is 5. The largest absolute Gasteiger partial charge is 0.444 e. The molecule has 2 aromatic heterocycles. The molecule has 3 aromatic rings. The summed E-state index contributed by atoms with van der Waals surface area (Å²) < 4.78 is 38.6. The predicted molar refractivity (Wildman–Crippen MR) is 219 cm³/mol. The Morgan fingerprint density at radius 3 is 2.18 bits per heavy atom. The molecule has 1 aromatic carbocycles. The first-order chi connectivity index (χ1) is 26.9. The van der Waals surface area contributed by atoms with Gasteiger partial charge < -0.3 is 48.5 Å². The Morgan fingerprint density at radius 1 is 0.930 bits per heavy atom. The number of ether oxygens (including phenoxy) is 6. The van der Waals surface area contributed by atoms with Crippen molar-refractivity contribution < 1.29 is 38.0 Å². The average molecular weight is 793 g/mol. The number of benzene rings is 1. The fourth-order valence-electron chi connectivity index (χ4n) is 7.54. The van der Waals surface area contributed by atoms with Gasteiger partial charge in [-0.2, -0.15) is 0 Å². The van der Waals surface area contributed by atoms with E-state index in [4.69, 9.17) is 39.1 Å². The second-order valence-electron chi connectivity index (χ2n) is 17.2. The van der Waals surface area contributed by atoms with Gasteiger partial charge in [0.25, 0.3) is 0 Å². The molecule has 314 valence electrons. The maximum absolute atomic E-state index is 13.9. The second kappa shape index (κ2) is 18.6. The van der Waals surface area contributed by atoms with E-state index in [-0.39, 0.29) is 30.3 Å². The summed E-state index contributed by atoms with van der Waals surface area (Å²) in [4.78, 5) is 39.8. The van der Waals surface area contributed by atoms with Crippen LogP contribution in [-0.4, -0.2) is 111 Å². The van der Waals surface area contributed by atoms with E-state index >= 15 is 0 Å². The van der Waals surface area contributed by atoms with Gasteiger partial charge in [-0.3, -0.25) is 0 Å². The number of amides is 2. The van der Waals surface area contributed by atoms with Gasteiger partial charge in [0.2, 0.25) is 0 Å². The zero-order chi connectivity index (χ0) is 41.5. The summed E-state index contributed by atoms with van der Waals surface area (Å²) in [5, 5.41) is 0.718. The zero-order valence-electron chi connectivity index (χ0n) is 35.5. The fraction of sp³-hybridized carbons (Fsp3) is 0.628. The average Bonchev–Trinajstić information content (AvgIpc) is 3.75. The number of aromatic nitrogens is 3. The van der Waals surface area contributed by atoms with Gasteiger partial charge in [-0.15, -0.1) is 0 Å². The van der Waals surface area contributed by atoms with Crippen molar-refractivity contribution >= 4 is 35.1 Å². The molecule has 3 heterocycles. The molecular weight excluding hydrogens is 729 g/mol. The molecule has 1 saturated carbocycles. The summed E-state index contributed by atoms with van der Waals surface area (Å²) in [5.41, 5.74) is 7.74. The van der Waals surface area contributed by atoms with Gasteiger partial charge in [-0.05, 0) is 100 Å². The van der Waals surface area contributed by atoms with Crippen LogP contribution >= 0.6 is 0 Å². The van der Waals surface area contributed by atoms with Gasteiger partial charge in [0.05, 0.1) is 17.5 Å². The molecule has 0 radical (unpaired) electrons. The van der Waals surface area contributed by atoms with Crippen LogP contribution < -0.4 is 5.73 Å². The van der Waals surface area contributed by atoms with E-state index in [1.807, 2.05) is 118 Å². The van der Waals surface area contributed by atoms with Crippen molar-refractivity contribution in [3.63, 3.8) is 0 Å². The highest BCUT2D eigenvalue weighted by Gasteiger charge is 2.55. The number of hydrogen-bond acceptors (Lipinski definition) is 11. The van der Waals surface area contributed by atoms with Gasteiger partial charge in [0.15, 0.2) is 12.1 Å². The molecule has 14 nitrogen and oxygen atoms in total. The van der Waals surface area contributed by atoms with Gasteiger partial charge in [0.1, 0.15) is 35.1 Å². The standard InChI is InChI=1S/C43H64N6O8/c1-11-52-33(53-12-2)20-19-30-27-49(38-34(30)37(44)45-28-46-38)32-25-31(35-36(32)55-43(9,10)54-35)26-48(40(51)57-42(6,7)8)23-16-22-47(39(50)56-41(3,4)5)24-21-29-17-14-13-15-18-29/h13-15,17-20,27-28,31-33,35-36H,11-12,16,21-26H2,1-10H3,(H2,44,45,46)/b20-19+/t31-,32-,35-,36+/m1/s1. The Labute approximate surface area is 338 Å². The topological polar surface area (TPSA) is 153 Å². The molecule has 14 heteroatoms. The van der Waals surface area contributed by atoms with Crippen LogP contribution in [0, 0.1) is 5.92 Å². The Morgan fingerprint density at radius 2 is 1.54 bits per heavy atom. The van der Waals surface area contributed by atoms with Gasteiger partial charge in [-0.25, -0.2) is 19.6 Å². The summed E-state index contributed by atoms with van der Waals surface area (Å²) in [5.74, 6) is -0.610. The van der Waals surface area contributed by atoms with E-state index < -0.39 is 29.4 Å². The number of carbonyl (C=O) groups excluding carboxylic acids is 2. The molecule has 1 aliphatic carbocycles. The molecule has 1 saturated heterocycles. The third kappa shape index (κ3) is 11.9. The summed E-state index contributed by atoms with van der Waals surface area (Å²) in [6.45, 7) is 21.4. The first-order valence-electron chi connectivity index (χ1n) is 20.3. The summed E-state index contributed by atoms with van der Waals surface area (Å²) in [7, 11) is 0. The molecule has 0 bridgehead atoms. The number of anilines is 1. The van der Waals surface area contributed by atoms with Crippen LogP contribution in [0.1, 0.15) is 99.2 Å². The molecule has 1 aliphatic heterocycles. The van der Waals surface area contributed by atoms with Crippen molar-refractivity contribution in [2.75, 3.05) is 45.1 Å². The Bertz CT molecular complexity index is 1810. The van der Waals surface area contributed by atoms with Crippen molar-refractivity contribution in [1.82, 2.24) is 24.3 Å². The van der Waals surface area contributed by atoms with E-state index in [2.05, 4.69) is 9.55 Å². The Hall–Kier alpha value is -4.24. The molecular formula is C43H64N6O8. The van der Waals surface area contributed by atoms with Crippen LogP contribution in [0.4, 0.5) is 15.4 Å². The minimum Gasteiger partial charge on any atom is -0.444 e. The molecule has 2 aliphatic rings. The minimum atomic E-state index is -0.850. The quantitative estimate of drug-likeness (QED) is 0.143. The third-order valence-electron chi connectivity index (χ3n) is 9.80. The van der Waals surface area contributed by atoms with Crippen molar-refractivity contribution in [2.45, 2.75) is 130 Å². The Balaban J connectivity index is 1.40. The molecule has 0 unspecified atom stereocenters. The zero-order valence-corrected chi connectivity index (χ0v) is 35.5. The number of nitrogens with two attached hydrogens (primary N) is 1. The molecule has 0 spiro atoms. The highest BCUT2D eigenvalue weighted by Crippen LogP contribution is 2.48. The van der Waals surface area contributed by atoms with Crippen LogP contribution in [0.3, 0.4) is 0 Å². The molecule has 2 amide bonds. The van der Waals surface area contributed by atoms with Crippen LogP contribution in [0.5, 0.6) is 0 Å². The second-order valence-corrected chi connectivity index (χ2v) is 17.2. The van der Waals surface area contributed by atoms with E-state index in [0.29, 0.717) is 70.1 Å². The number of nitrogen functional groups attached to an aromatic ring is 1. The van der Waals surface area contributed by atoms with Crippen LogP contribution in [0.2, 0.25) is 0 Å². The molecule has 57 heavy (non-hydrogen) atoms. The summed E-state index contributed by atoms with van der Waals surface area (Å²) >= 11 is 0. The van der Waals surface area contributed by atoms with E-state index in [1.165, 1.54) is 6.33 Å². The lowest BCUT2D eigenvalue weighted by molar-refractivity contribution is -0.160. The van der Waals surface area contributed by atoms with Gasteiger partial charge >= 0.3 is 12.2 Å². The number of carbonyl (C=O) groups is 2. The highest BCUT2D eigenvalue weighted by molar-refractivity contribution is 5.94. The highest BCUT2D eigenvalue weighted by atomic mass is 16.8. The smallest absolute Gasteiger partial charge is 0.410 e. The maximum Gasteiger partial charge on any atom is 0.410 e. The van der Waals surface area contributed by atoms with Crippen molar-refractivity contribution in [3.05, 3.63) is 60.1 Å². The SMILES string of the molecule is CCOC(/C=C/c1cn([C@@H]2C[C@H](CN(CCCN(CCc3ccccc3)C(=O)OC(C)(C)C)C(=O)OC(C)(C)C)[C@H]3OC(C)(C)O[C@H]32)c2ncnc(N)c12)OCC. The normalized spacial score (nSPS) is 20.7. The molecule has 4 atom stereocenters. The predicted octanol–water partition coefficient (Wildman–Crippen LogP) is 7.61. The lowest BCUT2D eigenvalue weighted by Gasteiger charge is -2.32. The first kappa shape index (κ1) is 43.9. The van der Waals surface area contributed by atoms with E-state index in [9.17, 15) is 9.59 Å². The van der Waals surface area contributed by atoms with E-state index in [0.717, 1.165) is 16.5 Å². The van der Waals surface area contributed by atoms with Gasteiger partial charge in [0, 0.05) is 57.1 Å². The lowest BCUT2D eigenvalue weighted by Crippen LogP contribution is -2.44. The van der Waals surface area contributed by atoms with Crippen molar-refractivity contribution in [1.29, 1.82) is 0 Å². The molecule has 2 N–H and O–H groups in total. The number of hydrogen-bond donors (Lipinski definition) is 1. The fourth-order valence-corrected chi connectivity index (χ4v) is 7.54. The van der Waals surface area contributed by atoms with Crippen molar-refractivity contribution in [3.8, 4) is 0 Å². The summed E-state index contributed by atoms with van der Waals surface area (Å²) in [6, 6.07) is 9.85. The Kier molecular flexibility index (Phi) is 14.3. The van der Waals surface area contributed by atoms with Crippen LogP contribution in [0.15, 0.2) is 48.9 Å². The van der Waals surface area contributed by atoms with Crippen LogP contribution in [0.25, 0.3) is 17.1 Å². The van der Waals surface area contributed by atoms with Crippen molar-refractivity contribution in [2.24, 2.45) is 5.92 Å². The minimum absolute atomic E-state index is 0.120. The summed E-state index contributed by atoms with van der Waals surface area (Å²) in [6.07, 6.45) is 7.11. The molecule has 5 rings (SSSR count). The number of rotatable bonds is 16.